The van der Waals surface area contributed by atoms with Crippen molar-refractivity contribution in [2.24, 2.45) is 0 Å². The lowest BCUT2D eigenvalue weighted by Gasteiger charge is -2.24. The van der Waals surface area contributed by atoms with E-state index in [9.17, 15) is 0 Å². The molecule has 1 nitrogen and oxygen atoms in total. The highest BCUT2D eigenvalue weighted by Crippen LogP contribution is 2.30. The summed E-state index contributed by atoms with van der Waals surface area (Å²) in [5.41, 5.74) is 0. The fraction of sp³-hybridized carbons (Fsp3) is 1.00. The van der Waals surface area contributed by atoms with Crippen molar-refractivity contribution in [2.45, 2.75) is 97.1 Å². The van der Waals surface area contributed by atoms with Crippen molar-refractivity contribution in [2.75, 3.05) is 6.61 Å². The molecule has 0 radical (unpaired) electrons. The molecule has 116 valence electrons. The quantitative estimate of drug-likeness (QED) is 0.135. The molecule has 0 aliphatic rings. The van der Waals surface area contributed by atoms with E-state index in [1.807, 2.05) is 0 Å². The fourth-order valence-electron chi connectivity index (χ4n) is 2.51. The Morgan fingerprint density at radius 3 is 1.58 bits per heavy atom. The van der Waals surface area contributed by atoms with E-state index in [4.69, 9.17) is 4.43 Å². The number of hydrogen-bond acceptors (Lipinski definition) is 1. The SMILES string of the molecule is CCCCCCCC[Si](I)(CCCCCC)OCC. The van der Waals surface area contributed by atoms with Gasteiger partial charge < -0.3 is 4.43 Å². The molecule has 3 heteroatoms. The van der Waals surface area contributed by atoms with Gasteiger partial charge in [0.2, 0.25) is 0 Å². The molecule has 0 N–H and O–H groups in total. The summed E-state index contributed by atoms with van der Waals surface area (Å²) in [6, 6.07) is 2.75. The molecular formula is C16H35IOSi. The van der Waals surface area contributed by atoms with Gasteiger partial charge in [-0.15, -0.1) is 0 Å². The van der Waals surface area contributed by atoms with Crippen LogP contribution in [0.2, 0.25) is 12.1 Å². The Labute approximate surface area is 135 Å². The lowest BCUT2D eigenvalue weighted by atomic mass is 10.1. The third-order valence-corrected chi connectivity index (χ3v) is 10.9. The van der Waals surface area contributed by atoms with Crippen molar-refractivity contribution < 1.29 is 4.43 Å². The number of unbranched alkanes of at least 4 members (excludes halogenated alkanes) is 8. The Morgan fingerprint density at radius 1 is 0.684 bits per heavy atom. The van der Waals surface area contributed by atoms with E-state index in [1.165, 1.54) is 76.3 Å². The van der Waals surface area contributed by atoms with Gasteiger partial charge in [-0.3, -0.25) is 0 Å². The van der Waals surface area contributed by atoms with Gasteiger partial charge in [-0.05, 0) is 19.0 Å². The zero-order valence-electron chi connectivity index (χ0n) is 13.5. The molecule has 0 amide bonds. The maximum Gasteiger partial charge on any atom is 0.258 e. The van der Waals surface area contributed by atoms with E-state index < -0.39 is 5.81 Å². The molecular weight excluding hydrogens is 363 g/mol. The van der Waals surface area contributed by atoms with Gasteiger partial charge in [-0.1, -0.05) is 99.9 Å². The molecule has 0 saturated heterocycles. The summed E-state index contributed by atoms with van der Waals surface area (Å²) in [6.07, 6.45) is 13.9. The van der Waals surface area contributed by atoms with Crippen molar-refractivity contribution in [1.29, 1.82) is 0 Å². The van der Waals surface area contributed by atoms with Gasteiger partial charge in [0.1, 0.15) is 0 Å². The first-order valence-electron chi connectivity index (χ1n) is 8.51. The summed E-state index contributed by atoms with van der Waals surface area (Å²) in [4.78, 5) is 0. The van der Waals surface area contributed by atoms with Crippen molar-refractivity contribution >= 4 is 27.6 Å². The van der Waals surface area contributed by atoms with Crippen molar-refractivity contribution in [3.63, 3.8) is 0 Å². The van der Waals surface area contributed by atoms with Crippen LogP contribution in [0.25, 0.3) is 0 Å². The second-order valence-corrected chi connectivity index (χ2v) is 14.6. The van der Waals surface area contributed by atoms with Gasteiger partial charge in [0.05, 0.1) is 0 Å². The minimum Gasteiger partial charge on any atom is -0.407 e. The first-order valence-corrected chi connectivity index (χ1v) is 13.9. The van der Waals surface area contributed by atoms with Gasteiger partial charge in [-0.2, -0.15) is 0 Å². The predicted molar refractivity (Wildman–Crippen MR) is 98.5 cm³/mol. The first kappa shape index (κ1) is 19.9. The molecule has 0 aliphatic heterocycles. The molecule has 1 unspecified atom stereocenters. The van der Waals surface area contributed by atoms with Crippen LogP contribution in [0.1, 0.15) is 85.0 Å². The molecule has 0 aromatic carbocycles. The zero-order chi connectivity index (χ0) is 14.4. The summed E-state index contributed by atoms with van der Waals surface area (Å²) in [7, 11) is 0. The van der Waals surface area contributed by atoms with E-state index in [-0.39, 0.29) is 0 Å². The van der Waals surface area contributed by atoms with Crippen LogP contribution >= 0.6 is 21.8 Å². The summed E-state index contributed by atoms with van der Waals surface area (Å²) in [5, 5.41) is 0. The molecule has 0 rings (SSSR count). The van der Waals surface area contributed by atoms with Crippen molar-refractivity contribution in [3.8, 4) is 0 Å². The van der Waals surface area contributed by atoms with Gasteiger partial charge in [0, 0.05) is 6.61 Å². The monoisotopic (exact) mass is 398 g/mol. The molecule has 0 heterocycles. The second-order valence-electron chi connectivity index (χ2n) is 5.64. The Morgan fingerprint density at radius 2 is 1.11 bits per heavy atom. The molecule has 0 aliphatic carbocycles. The van der Waals surface area contributed by atoms with Crippen LogP contribution in [0.5, 0.6) is 0 Å². The molecule has 0 spiro atoms. The smallest absolute Gasteiger partial charge is 0.258 e. The van der Waals surface area contributed by atoms with E-state index in [2.05, 4.69) is 42.6 Å². The van der Waals surface area contributed by atoms with E-state index >= 15 is 0 Å². The minimum absolute atomic E-state index is 0.915. The largest absolute Gasteiger partial charge is 0.407 e. The Kier molecular flexibility index (Phi) is 14.5. The van der Waals surface area contributed by atoms with Gasteiger partial charge in [0.15, 0.2) is 0 Å². The van der Waals surface area contributed by atoms with E-state index in [0.29, 0.717) is 0 Å². The summed E-state index contributed by atoms with van der Waals surface area (Å²) >= 11 is 2.71. The maximum atomic E-state index is 6.16. The van der Waals surface area contributed by atoms with Crippen LogP contribution < -0.4 is 0 Å². The van der Waals surface area contributed by atoms with E-state index in [1.54, 1.807) is 0 Å². The molecule has 1 atom stereocenters. The second kappa shape index (κ2) is 13.9. The van der Waals surface area contributed by atoms with Crippen LogP contribution in [-0.2, 0) is 4.43 Å². The van der Waals surface area contributed by atoms with Crippen LogP contribution in [0.3, 0.4) is 0 Å². The third-order valence-electron chi connectivity index (χ3n) is 3.71. The van der Waals surface area contributed by atoms with E-state index in [0.717, 1.165) is 6.61 Å². The average Bonchev–Trinajstić information content (AvgIpc) is 2.39. The summed E-state index contributed by atoms with van der Waals surface area (Å²) in [5.74, 6) is -1.40. The van der Waals surface area contributed by atoms with Crippen LogP contribution in [0.15, 0.2) is 0 Å². The first-order chi connectivity index (χ1) is 9.18. The highest BCUT2D eigenvalue weighted by Gasteiger charge is 2.29. The highest BCUT2D eigenvalue weighted by atomic mass is 127. The fourth-order valence-corrected chi connectivity index (χ4v) is 8.35. The van der Waals surface area contributed by atoms with Crippen LogP contribution in [0, 0.1) is 0 Å². The summed E-state index contributed by atoms with van der Waals surface area (Å²) < 4.78 is 6.16. The molecule has 0 aromatic rings. The zero-order valence-corrected chi connectivity index (χ0v) is 16.6. The van der Waals surface area contributed by atoms with Gasteiger partial charge >= 0.3 is 0 Å². The molecule has 19 heavy (non-hydrogen) atoms. The van der Waals surface area contributed by atoms with Gasteiger partial charge in [0.25, 0.3) is 5.81 Å². The molecule has 0 saturated carbocycles. The lowest BCUT2D eigenvalue weighted by Crippen LogP contribution is -2.30. The average molecular weight is 398 g/mol. The predicted octanol–water partition coefficient (Wildman–Crippen LogP) is 6.84. The maximum absolute atomic E-state index is 6.16. The van der Waals surface area contributed by atoms with Crippen LogP contribution in [0.4, 0.5) is 0 Å². The van der Waals surface area contributed by atoms with Crippen molar-refractivity contribution in [1.82, 2.24) is 0 Å². The Hall–Kier alpha value is 0.907. The van der Waals surface area contributed by atoms with Crippen molar-refractivity contribution in [3.05, 3.63) is 0 Å². The molecule has 0 fully saturated rings. The lowest BCUT2D eigenvalue weighted by molar-refractivity contribution is 0.335. The number of halogens is 1. The minimum atomic E-state index is -1.40. The molecule has 0 bridgehead atoms. The number of hydrogen-bond donors (Lipinski definition) is 0. The topological polar surface area (TPSA) is 9.23 Å². The van der Waals surface area contributed by atoms with Crippen LogP contribution in [-0.4, -0.2) is 12.4 Å². The molecule has 0 aromatic heterocycles. The highest BCUT2D eigenvalue weighted by molar-refractivity contribution is 14.1. The standard InChI is InChI=1S/C16H35IOSi/c1-4-7-9-11-12-14-16-19(17,18-6-3)15-13-10-8-5-2/h4-16H2,1-3H3. The Bertz CT molecular complexity index is 190. The third kappa shape index (κ3) is 12.4. The normalized spacial score (nSPS) is 14.5. The van der Waals surface area contributed by atoms with Gasteiger partial charge in [-0.25, -0.2) is 0 Å². The Balaban J connectivity index is 3.74. The number of rotatable bonds is 14. The summed E-state index contributed by atoms with van der Waals surface area (Å²) in [6.45, 7) is 7.65.